The second-order valence-electron chi connectivity index (χ2n) is 5.48. The second kappa shape index (κ2) is 7.41. The quantitative estimate of drug-likeness (QED) is 0.604. The first-order valence-corrected chi connectivity index (χ1v) is 8.60. The highest BCUT2D eigenvalue weighted by Gasteiger charge is 2.23. The predicted octanol–water partition coefficient (Wildman–Crippen LogP) is -0.269. The van der Waals surface area contributed by atoms with Crippen molar-refractivity contribution in [1.82, 2.24) is 14.6 Å². The third-order valence-electron chi connectivity index (χ3n) is 2.98. The SMILES string of the molecule is CN(C)Cc1cccc(C/C=C(\O)CN=C2NS(=O)(=O)N=C2N)n1. The van der Waals surface area contributed by atoms with Crippen molar-refractivity contribution < 1.29 is 13.5 Å². The summed E-state index contributed by atoms with van der Waals surface area (Å²) in [7, 11) is 0.132. The van der Waals surface area contributed by atoms with Gasteiger partial charge < -0.3 is 15.7 Å². The zero-order valence-electron chi connectivity index (χ0n) is 13.5. The predicted molar refractivity (Wildman–Crippen MR) is 92.0 cm³/mol. The molecule has 130 valence electrons. The molecule has 0 unspecified atom stereocenters. The van der Waals surface area contributed by atoms with Gasteiger partial charge in [-0.25, -0.2) is 4.72 Å². The van der Waals surface area contributed by atoms with E-state index in [1.807, 2.05) is 37.2 Å². The van der Waals surface area contributed by atoms with Gasteiger partial charge in [0.05, 0.1) is 12.2 Å². The van der Waals surface area contributed by atoms with Crippen LogP contribution in [0.15, 0.2) is 39.4 Å². The van der Waals surface area contributed by atoms with E-state index in [9.17, 15) is 13.5 Å². The van der Waals surface area contributed by atoms with Gasteiger partial charge in [-0.05, 0) is 32.3 Å². The van der Waals surface area contributed by atoms with Gasteiger partial charge in [0.1, 0.15) is 5.76 Å². The fourth-order valence-electron chi connectivity index (χ4n) is 1.99. The molecule has 2 heterocycles. The molecule has 9 nitrogen and oxygen atoms in total. The second-order valence-corrected chi connectivity index (χ2v) is 6.81. The van der Waals surface area contributed by atoms with Gasteiger partial charge in [0, 0.05) is 18.7 Å². The molecule has 1 aliphatic heterocycles. The molecule has 0 bridgehead atoms. The average molecular weight is 352 g/mol. The largest absolute Gasteiger partial charge is 0.511 e. The maximum Gasteiger partial charge on any atom is 0.345 e. The minimum atomic E-state index is -3.80. The number of allylic oxidation sites excluding steroid dienone is 1. The number of aliphatic hydroxyl groups is 1. The number of hydrogen-bond acceptors (Lipinski definition) is 7. The molecule has 1 aromatic heterocycles. The molecule has 0 aliphatic carbocycles. The summed E-state index contributed by atoms with van der Waals surface area (Å²) in [5.74, 6) is -0.303. The molecule has 1 aromatic rings. The number of amidine groups is 2. The zero-order chi connectivity index (χ0) is 17.7. The highest BCUT2D eigenvalue weighted by molar-refractivity contribution is 7.89. The minimum Gasteiger partial charge on any atom is -0.511 e. The number of pyridine rings is 1. The molecule has 0 aromatic carbocycles. The first kappa shape index (κ1) is 17.9. The molecule has 0 fully saturated rings. The summed E-state index contributed by atoms with van der Waals surface area (Å²) in [6.45, 7) is 0.626. The van der Waals surface area contributed by atoms with Gasteiger partial charge in [-0.15, -0.1) is 4.40 Å². The van der Waals surface area contributed by atoms with Crippen molar-refractivity contribution in [3.05, 3.63) is 41.4 Å². The number of aromatic nitrogens is 1. The van der Waals surface area contributed by atoms with E-state index >= 15 is 0 Å². The first-order valence-electron chi connectivity index (χ1n) is 7.16. The average Bonchev–Trinajstić information content (AvgIpc) is 2.75. The van der Waals surface area contributed by atoms with E-state index in [-0.39, 0.29) is 24.0 Å². The molecule has 24 heavy (non-hydrogen) atoms. The fraction of sp³-hybridized carbons (Fsp3) is 0.357. The third-order valence-corrected chi connectivity index (χ3v) is 3.86. The van der Waals surface area contributed by atoms with Crippen molar-refractivity contribution in [2.75, 3.05) is 20.6 Å². The van der Waals surface area contributed by atoms with Gasteiger partial charge >= 0.3 is 10.2 Å². The Morgan fingerprint density at radius 1 is 1.42 bits per heavy atom. The van der Waals surface area contributed by atoms with Gasteiger partial charge in [0.25, 0.3) is 0 Å². The van der Waals surface area contributed by atoms with Crippen LogP contribution in [0.2, 0.25) is 0 Å². The lowest BCUT2D eigenvalue weighted by Crippen LogP contribution is -2.31. The van der Waals surface area contributed by atoms with Gasteiger partial charge in [-0.2, -0.15) is 8.42 Å². The van der Waals surface area contributed by atoms with Crippen LogP contribution in [-0.2, 0) is 23.2 Å². The summed E-state index contributed by atoms with van der Waals surface area (Å²) in [4.78, 5) is 10.4. The van der Waals surface area contributed by atoms with Crippen LogP contribution < -0.4 is 10.5 Å². The van der Waals surface area contributed by atoms with Gasteiger partial charge in [-0.1, -0.05) is 6.07 Å². The van der Waals surface area contributed by atoms with Crippen LogP contribution in [-0.4, -0.2) is 55.7 Å². The summed E-state index contributed by atoms with van der Waals surface area (Å²) >= 11 is 0. The minimum absolute atomic E-state index is 0.0128. The Morgan fingerprint density at radius 2 is 2.12 bits per heavy atom. The molecular weight excluding hydrogens is 332 g/mol. The van der Waals surface area contributed by atoms with Crippen LogP contribution in [0.4, 0.5) is 0 Å². The summed E-state index contributed by atoms with van der Waals surface area (Å²) in [6.07, 6.45) is 2.01. The van der Waals surface area contributed by atoms with E-state index in [0.29, 0.717) is 6.42 Å². The van der Waals surface area contributed by atoms with Crippen LogP contribution in [0.5, 0.6) is 0 Å². The molecule has 0 atom stereocenters. The maximum absolute atomic E-state index is 11.2. The molecule has 0 amide bonds. The Balaban J connectivity index is 1.96. The number of nitrogens with one attached hydrogen (secondary N) is 1. The maximum atomic E-state index is 11.2. The Bertz CT molecular complexity index is 798. The normalized spacial score (nSPS) is 18.7. The van der Waals surface area contributed by atoms with E-state index in [2.05, 4.69) is 19.1 Å². The number of aliphatic hydroxyl groups excluding tert-OH is 1. The number of nitrogens with zero attached hydrogens (tertiary/aromatic N) is 4. The molecule has 1 aliphatic rings. The summed E-state index contributed by atoms with van der Waals surface area (Å²) in [5, 5.41) is 9.86. The highest BCUT2D eigenvalue weighted by Crippen LogP contribution is 2.05. The van der Waals surface area contributed by atoms with Gasteiger partial charge in [-0.3, -0.25) is 9.98 Å². The lowest BCUT2D eigenvalue weighted by molar-refractivity contribution is 0.396. The highest BCUT2D eigenvalue weighted by atomic mass is 32.2. The number of nitrogens with two attached hydrogens (primary N) is 1. The van der Waals surface area contributed by atoms with Crippen LogP contribution in [0.1, 0.15) is 11.4 Å². The Hall–Kier alpha value is -2.46. The molecule has 2 rings (SSSR count). The summed E-state index contributed by atoms with van der Waals surface area (Å²) in [6, 6.07) is 5.72. The van der Waals surface area contributed by atoms with E-state index in [4.69, 9.17) is 5.73 Å². The number of aliphatic imine (C=N–C) groups is 1. The molecular formula is C14H20N6O3S. The summed E-state index contributed by atoms with van der Waals surface area (Å²) in [5.41, 5.74) is 7.18. The van der Waals surface area contributed by atoms with E-state index < -0.39 is 10.2 Å². The van der Waals surface area contributed by atoms with Crippen LogP contribution in [0.3, 0.4) is 0 Å². The van der Waals surface area contributed by atoms with Crippen molar-refractivity contribution in [2.24, 2.45) is 15.1 Å². The molecule has 0 radical (unpaired) electrons. The van der Waals surface area contributed by atoms with Crippen molar-refractivity contribution in [1.29, 1.82) is 0 Å². The lowest BCUT2D eigenvalue weighted by Gasteiger charge is -2.09. The van der Waals surface area contributed by atoms with Gasteiger partial charge in [0.15, 0.2) is 11.7 Å². The molecule has 0 saturated heterocycles. The standard InChI is InChI=1S/C14H20N6O3S/c1-20(2)9-11-5-3-4-10(17-11)6-7-12(21)8-16-14-13(15)18-24(22,23)19-14/h3-5,7,21H,6,8-9H2,1-2H3,(H2,15,18)(H,16,19)/b12-7-. The van der Waals surface area contributed by atoms with Crippen molar-refractivity contribution in [3.63, 3.8) is 0 Å². The molecule has 4 N–H and O–H groups in total. The van der Waals surface area contributed by atoms with Crippen LogP contribution >= 0.6 is 0 Å². The van der Waals surface area contributed by atoms with Crippen LogP contribution in [0.25, 0.3) is 0 Å². The number of rotatable bonds is 6. The van der Waals surface area contributed by atoms with E-state index in [0.717, 1.165) is 17.9 Å². The molecule has 0 spiro atoms. The Kier molecular flexibility index (Phi) is 5.52. The zero-order valence-corrected chi connectivity index (χ0v) is 14.3. The third kappa shape index (κ3) is 5.32. The topological polar surface area (TPSA) is 133 Å². The first-order chi connectivity index (χ1) is 11.2. The van der Waals surface area contributed by atoms with Gasteiger partial charge in [0.2, 0.25) is 0 Å². The van der Waals surface area contributed by atoms with Crippen molar-refractivity contribution >= 4 is 21.9 Å². The lowest BCUT2D eigenvalue weighted by atomic mass is 10.2. The smallest absolute Gasteiger partial charge is 0.345 e. The Labute approximate surface area is 140 Å². The van der Waals surface area contributed by atoms with Crippen molar-refractivity contribution in [2.45, 2.75) is 13.0 Å². The molecule has 0 saturated carbocycles. The van der Waals surface area contributed by atoms with Crippen LogP contribution in [0, 0.1) is 0 Å². The fourth-order valence-corrected chi connectivity index (χ4v) is 2.79. The number of hydrogen-bond donors (Lipinski definition) is 3. The van der Waals surface area contributed by atoms with E-state index in [1.165, 1.54) is 0 Å². The van der Waals surface area contributed by atoms with E-state index in [1.54, 1.807) is 6.08 Å². The Morgan fingerprint density at radius 3 is 2.75 bits per heavy atom. The monoisotopic (exact) mass is 352 g/mol. The summed E-state index contributed by atoms with van der Waals surface area (Å²) < 4.78 is 27.6. The molecule has 10 heteroatoms. The van der Waals surface area contributed by atoms with Crippen molar-refractivity contribution in [3.8, 4) is 0 Å².